The highest BCUT2D eigenvalue weighted by molar-refractivity contribution is 5.88. The summed E-state index contributed by atoms with van der Waals surface area (Å²) in [4.78, 5) is 36.0. The molecule has 0 unspecified atom stereocenters. The molecule has 0 aliphatic carbocycles. The van der Waals surface area contributed by atoms with Gasteiger partial charge in [0.25, 0.3) is 5.69 Å². The summed E-state index contributed by atoms with van der Waals surface area (Å²) < 4.78 is 0. The first-order valence-corrected chi connectivity index (χ1v) is 6.40. The second kappa shape index (κ2) is 5.78. The molecule has 0 bridgehead atoms. The molecule has 0 N–H and O–H groups in total. The molecule has 0 atom stereocenters. The molecule has 1 fully saturated rings. The van der Waals surface area contributed by atoms with Gasteiger partial charge in [-0.2, -0.15) is 0 Å². The van der Waals surface area contributed by atoms with Gasteiger partial charge in [-0.05, 0) is 6.07 Å². The summed E-state index contributed by atoms with van der Waals surface area (Å²) in [5.41, 5.74) is -0.144. The molecule has 1 heterocycles. The van der Waals surface area contributed by atoms with Gasteiger partial charge < -0.3 is 19.7 Å². The maximum atomic E-state index is 11.3. The summed E-state index contributed by atoms with van der Waals surface area (Å²) in [6.07, 6.45) is 0. The summed E-state index contributed by atoms with van der Waals surface area (Å²) in [5, 5.41) is 21.9. The number of nitro groups is 1. The Morgan fingerprint density at radius 3 is 2.29 bits per heavy atom. The molecule has 1 aromatic carbocycles. The largest absolute Gasteiger partial charge is 0.545 e. The number of hydrogen-bond donors (Lipinski definition) is 0. The number of rotatable bonds is 3. The van der Waals surface area contributed by atoms with E-state index >= 15 is 0 Å². The lowest BCUT2D eigenvalue weighted by atomic mass is 10.1. The lowest BCUT2D eigenvalue weighted by Crippen LogP contribution is -2.48. The monoisotopic (exact) mass is 292 g/mol. The van der Waals surface area contributed by atoms with Gasteiger partial charge in [-0.1, -0.05) is 6.07 Å². The van der Waals surface area contributed by atoms with Crippen LogP contribution in [0.1, 0.15) is 17.3 Å². The predicted octanol–water partition coefficient (Wildman–Crippen LogP) is -0.373. The van der Waals surface area contributed by atoms with E-state index in [0.717, 1.165) is 6.07 Å². The van der Waals surface area contributed by atoms with E-state index in [0.29, 0.717) is 31.9 Å². The van der Waals surface area contributed by atoms with Crippen LogP contribution in [0.2, 0.25) is 0 Å². The van der Waals surface area contributed by atoms with E-state index in [4.69, 9.17) is 0 Å². The van der Waals surface area contributed by atoms with Crippen LogP contribution in [-0.4, -0.2) is 47.9 Å². The van der Waals surface area contributed by atoms with Crippen LogP contribution < -0.4 is 10.0 Å². The Morgan fingerprint density at radius 1 is 1.19 bits per heavy atom. The molecule has 1 aliphatic rings. The lowest BCUT2D eigenvalue weighted by Gasteiger charge is -2.35. The van der Waals surface area contributed by atoms with Crippen LogP contribution in [0.5, 0.6) is 0 Å². The molecule has 0 radical (unpaired) electrons. The zero-order valence-electron chi connectivity index (χ0n) is 11.4. The van der Waals surface area contributed by atoms with Crippen LogP contribution in [0.25, 0.3) is 0 Å². The topological polar surface area (TPSA) is 107 Å². The average Bonchev–Trinajstić information content (AvgIpc) is 2.46. The third-order valence-corrected chi connectivity index (χ3v) is 3.47. The normalized spacial score (nSPS) is 14.9. The number of amides is 1. The number of nitro benzene ring substituents is 1. The third-order valence-electron chi connectivity index (χ3n) is 3.47. The molecule has 1 aromatic rings. The highest BCUT2D eigenvalue weighted by Crippen LogP contribution is 2.29. The summed E-state index contributed by atoms with van der Waals surface area (Å²) in [6, 6.07) is 3.70. The van der Waals surface area contributed by atoms with Crippen molar-refractivity contribution in [3.63, 3.8) is 0 Å². The number of aromatic carboxylic acids is 1. The molecule has 1 amide bonds. The third kappa shape index (κ3) is 3.10. The molecule has 1 aliphatic heterocycles. The van der Waals surface area contributed by atoms with Crippen LogP contribution >= 0.6 is 0 Å². The first-order valence-electron chi connectivity index (χ1n) is 6.40. The van der Waals surface area contributed by atoms with E-state index in [9.17, 15) is 24.8 Å². The minimum atomic E-state index is -1.45. The zero-order chi connectivity index (χ0) is 15.6. The van der Waals surface area contributed by atoms with Crippen molar-refractivity contribution in [2.24, 2.45) is 0 Å². The second-order valence-corrected chi connectivity index (χ2v) is 4.74. The van der Waals surface area contributed by atoms with Crippen molar-refractivity contribution in [3.05, 3.63) is 33.9 Å². The summed E-state index contributed by atoms with van der Waals surface area (Å²) in [5.74, 6) is -1.48. The number of carbonyl (C=O) groups is 2. The van der Waals surface area contributed by atoms with Gasteiger partial charge in [0.05, 0.1) is 10.9 Å². The quantitative estimate of drug-likeness (QED) is 0.555. The van der Waals surface area contributed by atoms with E-state index in [2.05, 4.69) is 0 Å². The summed E-state index contributed by atoms with van der Waals surface area (Å²) in [7, 11) is 0. The Morgan fingerprint density at radius 2 is 1.81 bits per heavy atom. The van der Waals surface area contributed by atoms with Crippen molar-refractivity contribution in [3.8, 4) is 0 Å². The molecule has 0 spiro atoms. The average molecular weight is 292 g/mol. The Bertz CT molecular complexity index is 593. The van der Waals surface area contributed by atoms with Gasteiger partial charge >= 0.3 is 0 Å². The number of hydrogen-bond acceptors (Lipinski definition) is 6. The van der Waals surface area contributed by atoms with E-state index in [1.165, 1.54) is 19.1 Å². The van der Waals surface area contributed by atoms with Crippen molar-refractivity contribution in [1.82, 2.24) is 4.90 Å². The number of carboxylic acids is 1. The highest BCUT2D eigenvalue weighted by atomic mass is 16.6. The van der Waals surface area contributed by atoms with Crippen LogP contribution in [0.15, 0.2) is 18.2 Å². The molecular weight excluding hydrogens is 278 g/mol. The Labute approximate surface area is 120 Å². The Balaban J connectivity index is 2.26. The van der Waals surface area contributed by atoms with Crippen LogP contribution in [-0.2, 0) is 4.79 Å². The molecule has 0 aromatic heterocycles. The van der Waals surface area contributed by atoms with Gasteiger partial charge in [-0.15, -0.1) is 0 Å². The minimum Gasteiger partial charge on any atom is -0.545 e. The second-order valence-electron chi connectivity index (χ2n) is 4.74. The summed E-state index contributed by atoms with van der Waals surface area (Å²) in [6.45, 7) is 3.37. The maximum absolute atomic E-state index is 11.3. The van der Waals surface area contributed by atoms with Gasteiger partial charge in [-0.3, -0.25) is 14.9 Å². The standard InChI is InChI=1S/C13H15N3O5/c1-9(17)14-4-6-15(7-5-14)11-3-2-10(13(18)19)8-12(11)16(20)21/h2-3,8H,4-7H2,1H3,(H,18,19)/p-1. The van der Waals surface area contributed by atoms with E-state index < -0.39 is 10.9 Å². The smallest absolute Gasteiger partial charge is 0.293 e. The maximum Gasteiger partial charge on any atom is 0.293 e. The Kier molecular flexibility index (Phi) is 4.06. The fraction of sp³-hybridized carbons (Fsp3) is 0.385. The lowest BCUT2D eigenvalue weighted by molar-refractivity contribution is -0.384. The van der Waals surface area contributed by atoms with Crippen molar-refractivity contribution in [1.29, 1.82) is 0 Å². The number of carboxylic acid groups (broad SMARTS) is 1. The van der Waals surface area contributed by atoms with E-state index in [1.54, 1.807) is 9.80 Å². The SMILES string of the molecule is CC(=O)N1CCN(c2ccc(C(=O)[O-])cc2[N+](=O)[O-])CC1. The number of piperazine rings is 1. The zero-order valence-corrected chi connectivity index (χ0v) is 11.4. The number of benzene rings is 1. The minimum absolute atomic E-state index is 0.0311. The van der Waals surface area contributed by atoms with Crippen LogP contribution in [0.3, 0.4) is 0 Å². The molecule has 8 heteroatoms. The van der Waals surface area contributed by atoms with E-state index in [1.807, 2.05) is 0 Å². The van der Waals surface area contributed by atoms with Crippen molar-refractivity contribution in [2.45, 2.75) is 6.92 Å². The van der Waals surface area contributed by atoms with E-state index in [-0.39, 0.29) is 17.2 Å². The molecule has 8 nitrogen and oxygen atoms in total. The van der Waals surface area contributed by atoms with Gasteiger partial charge in [0.15, 0.2) is 0 Å². The molecular formula is C13H14N3O5-. The van der Waals surface area contributed by atoms with Gasteiger partial charge in [0.2, 0.25) is 5.91 Å². The predicted molar refractivity (Wildman–Crippen MR) is 71.9 cm³/mol. The number of nitrogens with zero attached hydrogens (tertiary/aromatic N) is 3. The van der Waals surface area contributed by atoms with Crippen molar-refractivity contribution >= 4 is 23.3 Å². The molecule has 2 rings (SSSR count). The first kappa shape index (κ1) is 14.8. The summed E-state index contributed by atoms with van der Waals surface area (Å²) >= 11 is 0. The molecule has 112 valence electrons. The van der Waals surface area contributed by atoms with Gasteiger partial charge in [-0.25, -0.2) is 0 Å². The number of anilines is 1. The Hall–Kier alpha value is -2.64. The van der Waals surface area contributed by atoms with Gasteiger partial charge in [0, 0.05) is 44.7 Å². The molecule has 0 saturated carbocycles. The fourth-order valence-electron chi connectivity index (χ4n) is 2.33. The molecule has 21 heavy (non-hydrogen) atoms. The molecule has 1 saturated heterocycles. The number of carbonyl (C=O) groups excluding carboxylic acids is 2. The van der Waals surface area contributed by atoms with Crippen molar-refractivity contribution < 1.29 is 19.6 Å². The van der Waals surface area contributed by atoms with Crippen LogP contribution in [0.4, 0.5) is 11.4 Å². The fourth-order valence-corrected chi connectivity index (χ4v) is 2.33. The highest BCUT2D eigenvalue weighted by Gasteiger charge is 2.24. The van der Waals surface area contributed by atoms with Crippen molar-refractivity contribution in [2.75, 3.05) is 31.1 Å². The van der Waals surface area contributed by atoms with Crippen LogP contribution in [0, 0.1) is 10.1 Å². The first-order chi connectivity index (χ1) is 9.90. The van der Waals surface area contributed by atoms with Gasteiger partial charge in [0.1, 0.15) is 5.69 Å².